The highest BCUT2D eigenvalue weighted by molar-refractivity contribution is 7.92. The molecule has 0 radical (unpaired) electrons. The van der Waals surface area contributed by atoms with Crippen molar-refractivity contribution in [3.8, 4) is 5.75 Å². The predicted octanol–water partition coefficient (Wildman–Crippen LogP) is 3.78. The molecule has 0 heterocycles. The van der Waals surface area contributed by atoms with E-state index >= 15 is 0 Å². The van der Waals surface area contributed by atoms with Crippen LogP contribution in [0.2, 0.25) is 0 Å². The number of carbonyl (C=O) groups is 1. The van der Waals surface area contributed by atoms with Crippen molar-refractivity contribution in [1.29, 1.82) is 0 Å². The molecule has 7 heteroatoms. The largest absolute Gasteiger partial charge is 0.497 e. The number of ether oxygens (including phenoxy) is 1. The summed E-state index contributed by atoms with van der Waals surface area (Å²) in [6.45, 7) is 2.25. The van der Waals surface area contributed by atoms with Gasteiger partial charge in [-0.05, 0) is 66.9 Å². The van der Waals surface area contributed by atoms with Gasteiger partial charge in [0.2, 0.25) is 0 Å². The van der Waals surface area contributed by atoms with Gasteiger partial charge >= 0.3 is 0 Å². The van der Waals surface area contributed by atoms with Gasteiger partial charge in [-0.25, -0.2) is 8.42 Å². The number of amides is 1. The van der Waals surface area contributed by atoms with Crippen LogP contribution in [0.1, 0.15) is 21.5 Å². The summed E-state index contributed by atoms with van der Waals surface area (Å²) in [6, 6.07) is 20.7. The van der Waals surface area contributed by atoms with Gasteiger partial charge in [-0.2, -0.15) is 0 Å². The van der Waals surface area contributed by atoms with Crippen molar-refractivity contribution in [2.75, 3.05) is 18.4 Å². The Morgan fingerprint density at radius 2 is 1.67 bits per heavy atom. The lowest BCUT2D eigenvalue weighted by Crippen LogP contribution is -2.25. The molecule has 30 heavy (non-hydrogen) atoms. The molecule has 3 aromatic rings. The lowest BCUT2D eigenvalue weighted by atomic mass is 10.1. The lowest BCUT2D eigenvalue weighted by molar-refractivity contribution is 0.0954. The molecule has 0 saturated carbocycles. The third-order valence-corrected chi connectivity index (χ3v) is 6.03. The molecular formula is C23H24N2O4S. The fourth-order valence-electron chi connectivity index (χ4n) is 2.94. The Morgan fingerprint density at radius 1 is 0.967 bits per heavy atom. The van der Waals surface area contributed by atoms with Gasteiger partial charge in [0.05, 0.1) is 17.7 Å². The monoisotopic (exact) mass is 424 g/mol. The molecule has 2 N–H and O–H groups in total. The third kappa shape index (κ3) is 5.39. The number of hydrogen-bond donors (Lipinski definition) is 2. The van der Waals surface area contributed by atoms with Crippen LogP contribution in [-0.2, 0) is 16.4 Å². The molecular weight excluding hydrogens is 400 g/mol. The number of nitrogens with one attached hydrogen (secondary N) is 2. The maximum atomic E-state index is 12.5. The standard InChI is InChI=1S/C23H24N2O4S/c1-17-16-19(23(26)24-15-14-18-8-11-20(29-2)12-9-18)10-13-22(17)25-30(27,28)21-6-4-3-5-7-21/h3-13,16,25H,14-15H2,1-2H3,(H,24,26). The second-order valence-electron chi connectivity index (χ2n) is 6.80. The highest BCUT2D eigenvalue weighted by Gasteiger charge is 2.15. The highest BCUT2D eigenvalue weighted by Crippen LogP contribution is 2.21. The van der Waals surface area contributed by atoms with Gasteiger partial charge in [-0.1, -0.05) is 30.3 Å². The number of anilines is 1. The maximum absolute atomic E-state index is 12.5. The maximum Gasteiger partial charge on any atom is 0.261 e. The summed E-state index contributed by atoms with van der Waals surface area (Å²) in [5, 5.41) is 2.89. The van der Waals surface area contributed by atoms with Crippen LogP contribution in [0.5, 0.6) is 5.75 Å². The molecule has 0 atom stereocenters. The number of rotatable bonds is 8. The van der Waals surface area contributed by atoms with Crippen LogP contribution in [0.3, 0.4) is 0 Å². The second-order valence-corrected chi connectivity index (χ2v) is 8.48. The minimum atomic E-state index is -3.68. The number of carbonyl (C=O) groups excluding carboxylic acids is 1. The first-order valence-corrected chi connectivity index (χ1v) is 11.0. The van der Waals surface area contributed by atoms with Gasteiger partial charge in [0, 0.05) is 12.1 Å². The first-order chi connectivity index (χ1) is 14.4. The van der Waals surface area contributed by atoms with Gasteiger partial charge in [-0.3, -0.25) is 9.52 Å². The molecule has 3 rings (SSSR count). The van der Waals surface area contributed by atoms with Gasteiger partial charge in [0.1, 0.15) is 5.75 Å². The number of sulfonamides is 1. The number of methoxy groups -OCH3 is 1. The van der Waals surface area contributed by atoms with Crippen LogP contribution < -0.4 is 14.8 Å². The van der Waals surface area contributed by atoms with Crippen molar-refractivity contribution in [1.82, 2.24) is 5.32 Å². The van der Waals surface area contributed by atoms with Crippen LogP contribution in [0.4, 0.5) is 5.69 Å². The molecule has 6 nitrogen and oxygen atoms in total. The molecule has 0 aromatic heterocycles. The van der Waals surface area contributed by atoms with Crippen LogP contribution in [0.25, 0.3) is 0 Å². The Kier molecular flexibility index (Phi) is 6.74. The molecule has 0 bridgehead atoms. The van der Waals surface area contributed by atoms with E-state index in [9.17, 15) is 13.2 Å². The van der Waals surface area contributed by atoms with Gasteiger partial charge in [0.25, 0.3) is 15.9 Å². The molecule has 0 aliphatic rings. The van der Waals surface area contributed by atoms with Crippen molar-refractivity contribution < 1.29 is 17.9 Å². The molecule has 0 fully saturated rings. The zero-order valence-electron chi connectivity index (χ0n) is 16.9. The van der Waals surface area contributed by atoms with Crippen molar-refractivity contribution in [2.45, 2.75) is 18.2 Å². The minimum absolute atomic E-state index is 0.185. The quantitative estimate of drug-likeness (QED) is 0.576. The third-order valence-electron chi connectivity index (χ3n) is 4.64. The fraction of sp³-hybridized carbons (Fsp3) is 0.174. The lowest BCUT2D eigenvalue weighted by Gasteiger charge is -2.12. The first-order valence-electron chi connectivity index (χ1n) is 9.49. The summed E-state index contributed by atoms with van der Waals surface area (Å²) in [6.07, 6.45) is 0.698. The summed E-state index contributed by atoms with van der Waals surface area (Å²) >= 11 is 0. The zero-order chi connectivity index (χ0) is 21.6. The topological polar surface area (TPSA) is 84.5 Å². The molecule has 0 unspecified atom stereocenters. The van der Waals surface area contributed by atoms with Crippen LogP contribution >= 0.6 is 0 Å². The van der Waals surface area contributed by atoms with E-state index in [-0.39, 0.29) is 10.8 Å². The Bertz CT molecular complexity index is 1110. The van der Waals surface area contributed by atoms with E-state index in [0.717, 1.165) is 11.3 Å². The van der Waals surface area contributed by atoms with Gasteiger partial charge in [0.15, 0.2) is 0 Å². The van der Waals surface area contributed by atoms with Crippen LogP contribution in [0.15, 0.2) is 77.7 Å². The summed E-state index contributed by atoms with van der Waals surface area (Å²) in [7, 11) is -2.06. The van der Waals surface area contributed by atoms with Crippen LogP contribution in [-0.4, -0.2) is 28.0 Å². The van der Waals surface area contributed by atoms with Gasteiger partial charge < -0.3 is 10.1 Å². The molecule has 0 saturated heterocycles. The fourth-order valence-corrected chi connectivity index (χ4v) is 4.09. The van der Waals surface area contributed by atoms with Crippen molar-refractivity contribution in [3.63, 3.8) is 0 Å². The number of benzene rings is 3. The smallest absolute Gasteiger partial charge is 0.261 e. The summed E-state index contributed by atoms with van der Waals surface area (Å²) < 4.78 is 32.7. The van der Waals surface area contributed by atoms with E-state index in [4.69, 9.17) is 4.74 Å². The minimum Gasteiger partial charge on any atom is -0.497 e. The van der Waals surface area contributed by atoms with Crippen molar-refractivity contribution in [3.05, 3.63) is 89.5 Å². The average Bonchev–Trinajstić information content (AvgIpc) is 2.76. The molecule has 3 aromatic carbocycles. The molecule has 1 amide bonds. The van der Waals surface area contributed by atoms with E-state index in [1.807, 2.05) is 24.3 Å². The average molecular weight is 425 g/mol. The summed E-state index contributed by atoms with van der Waals surface area (Å²) in [5.74, 6) is 0.588. The Labute approximate surface area is 177 Å². The van der Waals surface area contributed by atoms with Crippen molar-refractivity contribution in [2.24, 2.45) is 0 Å². The molecule has 0 aliphatic heterocycles. The van der Waals surface area contributed by atoms with E-state index < -0.39 is 10.0 Å². The Morgan fingerprint density at radius 3 is 2.30 bits per heavy atom. The zero-order valence-corrected chi connectivity index (χ0v) is 17.7. The Balaban J connectivity index is 1.60. The SMILES string of the molecule is COc1ccc(CCNC(=O)c2ccc(NS(=O)(=O)c3ccccc3)c(C)c2)cc1. The predicted molar refractivity (Wildman–Crippen MR) is 117 cm³/mol. The molecule has 0 spiro atoms. The van der Waals surface area contributed by atoms with Gasteiger partial charge in [-0.15, -0.1) is 0 Å². The Hall–Kier alpha value is -3.32. The number of aryl methyl sites for hydroxylation is 1. The van der Waals surface area contributed by atoms with E-state index in [2.05, 4.69) is 10.0 Å². The molecule has 156 valence electrons. The molecule has 0 aliphatic carbocycles. The normalized spacial score (nSPS) is 11.0. The first kappa shape index (κ1) is 21.4. The van der Waals surface area contributed by atoms with E-state index in [1.165, 1.54) is 12.1 Å². The number of hydrogen-bond acceptors (Lipinski definition) is 4. The van der Waals surface area contributed by atoms with Crippen molar-refractivity contribution >= 4 is 21.6 Å². The second kappa shape index (κ2) is 9.45. The highest BCUT2D eigenvalue weighted by atomic mass is 32.2. The van der Waals surface area contributed by atoms with E-state index in [0.29, 0.717) is 29.8 Å². The summed E-state index contributed by atoms with van der Waals surface area (Å²) in [4.78, 5) is 12.6. The van der Waals surface area contributed by atoms with E-state index in [1.54, 1.807) is 50.4 Å². The van der Waals surface area contributed by atoms with Crippen LogP contribution in [0, 0.1) is 6.92 Å². The summed E-state index contributed by atoms with van der Waals surface area (Å²) in [5.41, 5.74) is 2.67.